The molecule has 0 aliphatic carbocycles. The number of unbranched alkanes of at least 4 members (excludes halogenated alkanes) is 6. The van der Waals surface area contributed by atoms with E-state index in [1.165, 1.54) is 38.5 Å². The van der Waals surface area contributed by atoms with Gasteiger partial charge in [0.25, 0.3) is 0 Å². The first kappa shape index (κ1) is 19.2. The van der Waals surface area contributed by atoms with E-state index in [0.29, 0.717) is 6.61 Å². The molecule has 0 aliphatic rings. The molecule has 2 N–H and O–H groups in total. The van der Waals surface area contributed by atoms with E-state index in [0.717, 1.165) is 12.8 Å². The zero-order valence-electron chi connectivity index (χ0n) is 12.3. The van der Waals surface area contributed by atoms with E-state index in [4.69, 9.17) is 4.74 Å². The number of rotatable bonds is 12. The minimum Gasteiger partial charge on any atom is -0.513 e. The van der Waals surface area contributed by atoms with E-state index in [-0.39, 0.29) is 19.4 Å². The second-order valence-corrected chi connectivity index (χ2v) is 7.37. The SMILES string of the molecule is CCCCCCCCCC(S)[Si]=C(O)C(O)OCC. The van der Waals surface area contributed by atoms with Crippen LogP contribution in [0.2, 0.25) is 0 Å². The van der Waals surface area contributed by atoms with Crippen LogP contribution in [0.3, 0.4) is 0 Å². The lowest BCUT2D eigenvalue weighted by atomic mass is 10.1. The topological polar surface area (TPSA) is 49.7 Å². The molecule has 0 rings (SSSR count). The molecule has 0 aliphatic heterocycles. The second kappa shape index (κ2) is 13.2. The normalized spacial score (nSPS) is 15.5. The molecule has 0 aromatic carbocycles. The van der Waals surface area contributed by atoms with Crippen LogP contribution in [0.1, 0.15) is 65.2 Å². The van der Waals surface area contributed by atoms with E-state index in [1.54, 1.807) is 6.92 Å². The van der Waals surface area contributed by atoms with Gasteiger partial charge in [0, 0.05) is 11.5 Å². The highest BCUT2D eigenvalue weighted by molar-refractivity contribution is 7.82. The van der Waals surface area contributed by atoms with E-state index in [1.807, 2.05) is 0 Å². The van der Waals surface area contributed by atoms with Crippen molar-refractivity contribution in [3.63, 3.8) is 0 Å². The maximum Gasteiger partial charge on any atom is 0.208 e. The summed E-state index contributed by atoms with van der Waals surface area (Å²) >= 11 is 4.46. The summed E-state index contributed by atoms with van der Waals surface area (Å²) in [6, 6.07) is 0. The summed E-state index contributed by atoms with van der Waals surface area (Å²) in [5.74, 6) is 0. The number of hydrogen-bond acceptors (Lipinski definition) is 4. The Hall–Kier alpha value is 0.157. The molecule has 0 amide bonds. The van der Waals surface area contributed by atoms with Gasteiger partial charge in [-0.25, -0.2) is 0 Å². The van der Waals surface area contributed by atoms with Crippen LogP contribution >= 0.6 is 12.6 Å². The van der Waals surface area contributed by atoms with Gasteiger partial charge >= 0.3 is 0 Å². The molecule has 113 valence electrons. The zero-order chi connectivity index (χ0) is 14.5. The number of hydrogen-bond donors (Lipinski definition) is 3. The third-order valence-electron chi connectivity index (χ3n) is 2.95. The summed E-state index contributed by atoms with van der Waals surface area (Å²) in [6.45, 7) is 4.41. The quantitative estimate of drug-likeness (QED) is 0.225. The maximum absolute atomic E-state index is 9.62. The minimum atomic E-state index is -1.15. The average molecular weight is 306 g/mol. The molecule has 19 heavy (non-hydrogen) atoms. The summed E-state index contributed by atoms with van der Waals surface area (Å²) in [7, 11) is 0.144. The molecule has 1 radical (unpaired) electrons. The molecule has 0 aromatic heterocycles. The van der Waals surface area contributed by atoms with Gasteiger partial charge in [-0.05, 0) is 13.3 Å². The number of ether oxygens (including phenoxy) is 1. The molecule has 0 fully saturated rings. The van der Waals surface area contributed by atoms with Crippen LogP contribution in [0.15, 0.2) is 0 Å². The first-order valence-corrected chi connectivity index (χ1v) is 9.01. The van der Waals surface area contributed by atoms with Gasteiger partial charge in [-0.3, -0.25) is 0 Å². The van der Waals surface area contributed by atoms with Gasteiger partial charge < -0.3 is 14.9 Å². The first-order valence-electron chi connectivity index (χ1n) is 7.41. The van der Waals surface area contributed by atoms with Crippen molar-refractivity contribution in [1.82, 2.24) is 0 Å². The Morgan fingerprint density at radius 1 is 1.11 bits per heavy atom. The molecule has 0 spiro atoms. The van der Waals surface area contributed by atoms with Crippen molar-refractivity contribution in [3.05, 3.63) is 0 Å². The maximum atomic E-state index is 9.62. The monoisotopic (exact) mass is 305 g/mol. The molecule has 3 nitrogen and oxygen atoms in total. The van der Waals surface area contributed by atoms with Crippen molar-refractivity contribution in [1.29, 1.82) is 0 Å². The van der Waals surface area contributed by atoms with Crippen LogP contribution in [0.4, 0.5) is 0 Å². The molecule has 0 aromatic rings. The lowest BCUT2D eigenvalue weighted by Crippen LogP contribution is -2.28. The van der Waals surface area contributed by atoms with Crippen LogP contribution in [-0.2, 0) is 4.74 Å². The van der Waals surface area contributed by atoms with Gasteiger partial charge in [-0.2, -0.15) is 12.6 Å². The third-order valence-corrected chi connectivity index (χ3v) is 4.76. The van der Waals surface area contributed by atoms with Crippen LogP contribution in [0.5, 0.6) is 0 Å². The number of thiol groups is 1. The number of aliphatic hydroxyl groups is 2. The predicted octanol–water partition coefficient (Wildman–Crippen LogP) is 2.94. The van der Waals surface area contributed by atoms with Crippen molar-refractivity contribution in [3.8, 4) is 0 Å². The lowest BCUT2D eigenvalue weighted by Gasteiger charge is -2.11. The summed E-state index contributed by atoms with van der Waals surface area (Å²) in [4.78, 5) is 0.130. The molecule has 0 saturated carbocycles. The molecule has 5 heteroatoms. The lowest BCUT2D eigenvalue weighted by molar-refractivity contribution is -0.0520. The van der Waals surface area contributed by atoms with E-state index >= 15 is 0 Å². The Morgan fingerprint density at radius 3 is 2.26 bits per heavy atom. The number of aliphatic hydroxyl groups excluding tert-OH is 2. The summed E-state index contributed by atoms with van der Waals surface area (Å²) in [5.41, 5.74) is 0. The Balaban J connectivity index is 3.62. The second-order valence-electron chi connectivity index (χ2n) is 4.76. The van der Waals surface area contributed by atoms with Gasteiger partial charge in [0.15, 0.2) is 0 Å². The van der Waals surface area contributed by atoms with Crippen LogP contribution < -0.4 is 0 Å². The fourth-order valence-corrected chi connectivity index (χ4v) is 3.34. The van der Waals surface area contributed by atoms with E-state index in [2.05, 4.69) is 19.6 Å². The van der Waals surface area contributed by atoms with Crippen LogP contribution in [0, 0.1) is 0 Å². The molecule has 0 saturated heterocycles. The summed E-state index contributed by atoms with van der Waals surface area (Å²) < 4.78 is 4.93. The van der Waals surface area contributed by atoms with Gasteiger partial charge in [0.2, 0.25) is 6.29 Å². The highest BCUT2D eigenvalue weighted by atomic mass is 32.1. The Bertz CT molecular complexity index is 237. The third kappa shape index (κ3) is 11.7. The molecule has 0 heterocycles. The van der Waals surface area contributed by atoms with Crippen molar-refractivity contribution < 1.29 is 14.9 Å². The fourth-order valence-electron chi connectivity index (χ4n) is 1.85. The average Bonchev–Trinajstić information content (AvgIpc) is 2.38. The van der Waals surface area contributed by atoms with E-state index < -0.39 is 6.29 Å². The summed E-state index contributed by atoms with van der Waals surface area (Å²) in [6.07, 6.45) is 8.81. The van der Waals surface area contributed by atoms with Gasteiger partial charge in [0.1, 0.15) is 5.35 Å². The Morgan fingerprint density at radius 2 is 1.68 bits per heavy atom. The van der Waals surface area contributed by atoms with Crippen molar-refractivity contribution in [2.45, 2.75) is 76.4 Å². The van der Waals surface area contributed by atoms with Crippen LogP contribution in [0.25, 0.3) is 0 Å². The van der Waals surface area contributed by atoms with Crippen molar-refractivity contribution in [2.24, 2.45) is 0 Å². The Labute approximate surface area is 125 Å². The molecule has 0 bridgehead atoms. The highest BCUT2D eigenvalue weighted by Gasteiger charge is 2.11. The van der Waals surface area contributed by atoms with Gasteiger partial charge in [-0.1, -0.05) is 51.9 Å². The molecular formula is C14H29O3SSi. The Kier molecular flexibility index (Phi) is 13.3. The largest absolute Gasteiger partial charge is 0.513 e. The predicted molar refractivity (Wildman–Crippen MR) is 85.7 cm³/mol. The van der Waals surface area contributed by atoms with Crippen molar-refractivity contribution in [2.75, 3.05) is 6.61 Å². The summed E-state index contributed by atoms with van der Waals surface area (Å²) in [5, 5.41) is 19.1. The first-order chi connectivity index (χ1) is 9.11. The van der Waals surface area contributed by atoms with Crippen molar-refractivity contribution >= 4 is 27.1 Å². The zero-order valence-corrected chi connectivity index (χ0v) is 14.2. The van der Waals surface area contributed by atoms with Crippen LogP contribution in [-0.4, -0.2) is 42.5 Å². The van der Waals surface area contributed by atoms with Gasteiger partial charge in [0.05, 0.1) is 9.13 Å². The standard InChI is InChI=1S/C14H29O3SSi/c1-3-5-6-7-8-9-10-11-12(18)19-14(16)13(15)17-4-2/h12-13,15-16,18H,3-11H2,1-2H3. The molecular weight excluding hydrogens is 276 g/mol. The van der Waals surface area contributed by atoms with E-state index in [9.17, 15) is 10.2 Å². The minimum absolute atomic E-state index is 0.0183. The van der Waals surface area contributed by atoms with Gasteiger partial charge in [-0.15, -0.1) is 0 Å². The molecule has 2 atom stereocenters. The molecule has 2 unspecified atom stereocenters. The highest BCUT2D eigenvalue weighted by Crippen LogP contribution is 2.11. The smallest absolute Gasteiger partial charge is 0.208 e. The fraction of sp³-hybridized carbons (Fsp3) is 0.929.